The number of benzene rings is 3. The van der Waals surface area contributed by atoms with E-state index < -0.39 is 10.8 Å². The molecule has 0 bridgehead atoms. The average Bonchev–Trinajstić information content (AvgIpc) is 2.78. The van der Waals surface area contributed by atoms with E-state index in [9.17, 15) is 20.2 Å². The molecule has 3 aromatic rings. The minimum absolute atomic E-state index is 0.155. The molecule has 1 N–H and O–H groups in total. The zero-order valence-electron chi connectivity index (χ0n) is 18.3. The Balaban J connectivity index is 1.80. The number of carbonyl (C=O) groups is 1. The van der Waals surface area contributed by atoms with Gasteiger partial charge in [0.2, 0.25) is 0 Å². The monoisotopic (exact) mass is 583 g/mol. The average molecular weight is 585 g/mol. The summed E-state index contributed by atoms with van der Waals surface area (Å²) < 4.78 is 7.24. The lowest BCUT2D eigenvalue weighted by atomic mass is 10.1. The van der Waals surface area contributed by atoms with Crippen LogP contribution >= 0.6 is 31.9 Å². The van der Waals surface area contributed by atoms with Crippen LogP contribution in [0.15, 0.2) is 69.1 Å². The Labute approximate surface area is 213 Å². The molecule has 0 fully saturated rings. The van der Waals surface area contributed by atoms with Crippen LogP contribution in [0.4, 0.5) is 11.4 Å². The van der Waals surface area contributed by atoms with Crippen molar-refractivity contribution in [3.8, 4) is 11.8 Å². The molecule has 0 atom stereocenters. The highest BCUT2D eigenvalue weighted by Crippen LogP contribution is 2.36. The molecule has 9 heteroatoms. The maximum atomic E-state index is 12.7. The molecule has 0 spiro atoms. The van der Waals surface area contributed by atoms with Crippen LogP contribution in [-0.4, -0.2) is 10.8 Å². The Morgan fingerprint density at radius 3 is 2.47 bits per heavy atom. The number of nitro benzene ring substituents is 1. The van der Waals surface area contributed by atoms with Crippen LogP contribution in [0.25, 0.3) is 6.08 Å². The Bertz CT molecular complexity index is 1320. The lowest BCUT2D eigenvalue weighted by Gasteiger charge is -2.12. The fraction of sp³-hybridized carbons (Fsp3) is 0.120. The van der Waals surface area contributed by atoms with E-state index in [1.54, 1.807) is 19.1 Å². The lowest BCUT2D eigenvalue weighted by Crippen LogP contribution is -2.14. The number of ether oxygens (including phenoxy) is 1. The van der Waals surface area contributed by atoms with E-state index in [1.165, 1.54) is 24.3 Å². The molecular weight excluding hydrogens is 566 g/mol. The highest BCUT2D eigenvalue weighted by molar-refractivity contribution is 9.11. The van der Waals surface area contributed by atoms with Crippen molar-refractivity contribution in [2.24, 2.45) is 0 Å². The van der Waals surface area contributed by atoms with Crippen molar-refractivity contribution in [3.05, 3.63) is 101 Å². The van der Waals surface area contributed by atoms with Crippen LogP contribution in [0.2, 0.25) is 0 Å². The highest BCUT2D eigenvalue weighted by Gasteiger charge is 2.15. The van der Waals surface area contributed by atoms with Crippen molar-refractivity contribution in [2.45, 2.75) is 20.5 Å². The third-order valence-electron chi connectivity index (χ3n) is 4.84. The predicted octanol–water partition coefficient (Wildman–Crippen LogP) is 6.86. The molecule has 0 saturated heterocycles. The second-order valence-corrected chi connectivity index (χ2v) is 9.18. The van der Waals surface area contributed by atoms with Gasteiger partial charge in [-0.2, -0.15) is 5.26 Å². The normalized spacial score (nSPS) is 11.0. The van der Waals surface area contributed by atoms with Gasteiger partial charge in [-0.15, -0.1) is 0 Å². The quantitative estimate of drug-likeness (QED) is 0.141. The second kappa shape index (κ2) is 11.1. The van der Waals surface area contributed by atoms with Crippen molar-refractivity contribution < 1.29 is 14.5 Å². The van der Waals surface area contributed by atoms with Gasteiger partial charge in [0, 0.05) is 12.1 Å². The summed E-state index contributed by atoms with van der Waals surface area (Å²) in [7, 11) is 0. The first kappa shape index (κ1) is 25.1. The molecule has 0 aliphatic rings. The summed E-state index contributed by atoms with van der Waals surface area (Å²) in [5.74, 6) is -0.0769. The zero-order chi connectivity index (χ0) is 24.8. The minimum Gasteiger partial charge on any atom is -0.487 e. The number of nitriles is 1. The fourth-order valence-corrected chi connectivity index (χ4v) is 4.57. The summed E-state index contributed by atoms with van der Waals surface area (Å²) in [6.07, 6.45) is 1.43. The van der Waals surface area contributed by atoms with Crippen molar-refractivity contribution in [1.29, 1.82) is 5.26 Å². The Morgan fingerprint density at radius 1 is 1.15 bits per heavy atom. The van der Waals surface area contributed by atoms with Gasteiger partial charge in [-0.05, 0) is 80.6 Å². The summed E-state index contributed by atoms with van der Waals surface area (Å²) in [6.45, 7) is 4.10. The van der Waals surface area contributed by atoms with Crippen LogP contribution in [0.5, 0.6) is 5.75 Å². The largest absolute Gasteiger partial charge is 0.487 e. The number of nitrogens with zero attached hydrogens (tertiary/aromatic N) is 2. The van der Waals surface area contributed by atoms with Crippen LogP contribution in [0, 0.1) is 35.3 Å². The number of non-ortho nitro benzene ring substituents is 1. The van der Waals surface area contributed by atoms with Crippen LogP contribution in [0.1, 0.15) is 22.3 Å². The van der Waals surface area contributed by atoms with E-state index in [2.05, 4.69) is 37.2 Å². The molecule has 0 heterocycles. The van der Waals surface area contributed by atoms with E-state index in [1.807, 2.05) is 37.3 Å². The number of amides is 1. The van der Waals surface area contributed by atoms with Gasteiger partial charge in [0.1, 0.15) is 24.0 Å². The Hall–Kier alpha value is -3.48. The molecule has 0 saturated carbocycles. The zero-order valence-corrected chi connectivity index (χ0v) is 21.4. The van der Waals surface area contributed by atoms with Gasteiger partial charge in [-0.1, -0.05) is 35.9 Å². The smallest absolute Gasteiger partial charge is 0.271 e. The number of anilines is 1. The summed E-state index contributed by atoms with van der Waals surface area (Å²) in [5, 5.41) is 23.1. The molecule has 0 radical (unpaired) electrons. The Morgan fingerprint density at radius 2 is 1.85 bits per heavy atom. The van der Waals surface area contributed by atoms with E-state index >= 15 is 0 Å². The van der Waals surface area contributed by atoms with Crippen molar-refractivity contribution in [3.63, 3.8) is 0 Å². The van der Waals surface area contributed by atoms with Gasteiger partial charge in [0.25, 0.3) is 11.6 Å². The van der Waals surface area contributed by atoms with Gasteiger partial charge >= 0.3 is 0 Å². The van der Waals surface area contributed by atoms with Crippen LogP contribution in [0.3, 0.4) is 0 Å². The topological polar surface area (TPSA) is 105 Å². The number of nitro groups is 1. The van der Waals surface area contributed by atoms with Crippen molar-refractivity contribution in [1.82, 2.24) is 0 Å². The van der Waals surface area contributed by atoms with Gasteiger partial charge in [0.15, 0.2) is 0 Å². The van der Waals surface area contributed by atoms with E-state index in [-0.39, 0.29) is 16.9 Å². The molecule has 3 rings (SSSR count). The third-order valence-corrected chi connectivity index (χ3v) is 6.02. The summed E-state index contributed by atoms with van der Waals surface area (Å²) in [4.78, 5) is 23.2. The van der Waals surface area contributed by atoms with Crippen LogP contribution in [-0.2, 0) is 11.4 Å². The molecule has 34 heavy (non-hydrogen) atoms. The summed E-state index contributed by atoms with van der Waals surface area (Å²) in [6, 6.07) is 17.5. The number of carbonyl (C=O) groups excluding carboxylic acids is 1. The first-order valence-corrected chi connectivity index (χ1v) is 11.6. The minimum atomic E-state index is -0.668. The number of nitrogens with one attached hydrogen (secondary N) is 1. The van der Waals surface area contributed by atoms with Gasteiger partial charge in [-0.25, -0.2) is 0 Å². The van der Waals surface area contributed by atoms with Gasteiger partial charge in [0.05, 0.1) is 19.6 Å². The maximum Gasteiger partial charge on any atom is 0.271 e. The lowest BCUT2D eigenvalue weighted by molar-refractivity contribution is -0.384. The van der Waals surface area contributed by atoms with E-state index in [4.69, 9.17) is 4.74 Å². The number of halogens is 2. The van der Waals surface area contributed by atoms with E-state index in [0.717, 1.165) is 11.1 Å². The number of rotatable bonds is 7. The van der Waals surface area contributed by atoms with Crippen LogP contribution < -0.4 is 10.1 Å². The molecule has 172 valence electrons. The number of hydrogen-bond donors (Lipinski definition) is 1. The Kier molecular flexibility index (Phi) is 8.21. The number of aryl methyl sites for hydroxylation is 2. The second-order valence-electron chi connectivity index (χ2n) is 7.47. The first-order valence-electron chi connectivity index (χ1n) is 10.0. The standard InChI is InChI=1S/C25H19Br2N3O4/c1-15-4-3-5-17(8-15)14-34-24-21(26)10-18(11-22(24)27)9-19(13-28)25(31)29-23-12-20(30(32)33)7-6-16(23)2/h3-12H,14H2,1-2H3,(H,29,31)/b19-9+. The predicted molar refractivity (Wildman–Crippen MR) is 137 cm³/mol. The molecule has 0 aliphatic carbocycles. The maximum absolute atomic E-state index is 12.7. The molecule has 0 aliphatic heterocycles. The molecule has 0 aromatic heterocycles. The fourth-order valence-electron chi connectivity index (χ4n) is 3.12. The highest BCUT2D eigenvalue weighted by atomic mass is 79.9. The summed E-state index contributed by atoms with van der Waals surface area (Å²) >= 11 is 6.98. The summed E-state index contributed by atoms with van der Waals surface area (Å²) in [5.41, 5.74) is 3.35. The molecule has 1 amide bonds. The van der Waals surface area contributed by atoms with Gasteiger partial charge < -0.3 is 10.1 Å². The molecular formula is C25H19Br2N3O4. The van der Waals surface area contributed by atoms with Crippen molar-refractivity contribution >= 4 is 55.2 Å². The van der Waals surface area contributed by atoms with Gasteiger partial charge in [-0.3, -0.25) is 14.9 Å². The first-order chi connectivity index (χ1) is 16.2. The molecule has 3 aromatic carbocycles. The SMILES string of the molecule is Cc1cccc(COc2c(Br)cc(/C=C(\C#N)C(=O)Nc3cc([N+](=O)[O-])ccc3C)cc2Br)c1. The molecule has 7 nitrogen and oxygen atoms in total. The number of hydrogen-bond acceptors (Lipinski definition) is 5. The van der Waals surface area contributed by atoms with Crippen molar-refractivity contribution in [2.75, 3.05) is 5.32 Å². The molecule has 0 unspecified atom stereocenters. The third kappa shape index (κ3) is 6.31. The van der Waals surface area contributed by atoms with E-state index in [0.29, 0.717) is 32.4 Å².